The van der Waals surface area contributed by atoms with Crippen LogP contribution in [0, 0.1) is 27.7 Å². The van der Waals surface area contributed by atoms with Gasteiger partial charge in [-0.25, -0.2) is 4.79 Å². The minimum absolute atomic E-state index is 0.124. The van der Waals surface area contributed by atoms with Gasteiger partial charge in [-0.2, -0.15) is 0 Å². The standard InChI is InChI=1S/C19H23NO4S/c1-6-23-19(22)17-13(4)14(5)25-18(17)20-16(21)10-24-15-8-7-11(2)12(3)9-15/h7-9H,6,10H2,1-5H3,(H,20,21). The summed E-state index contributed by atoms with van der Waals surface area (Å²) in [5, 5.41) is 3.26. The number of nitrogens with one attached hydrogen (secondary N) is 1. The summed E-state index contributed by atoms with van der Waals surface area (Å²) >= 11 is 1.36. The van der Waals surface area contributed by atoms with E-state index in [2.05, 4.69) is 5.32 Å². The molecule has 1 aromatic carbocycles. The lowest BCUT2D eigenvalue weighted by Crippen LogP contribution is -2.21. The van der Waals surface area contributed by atoms with Gasteiger partial charge in [-0.05, 0) is 63.4 Å². The zero-order valence-corrected chi connectivity index (χ0v) is 16.0. The Morgan fingerprint density at radius 2 is 1.84 bits per heavy atom. The zero-order valence-electron chi connectivity index (χ0n) is 15.2. The van der Waals surface area contributed by atoms with E-state index in [9.17, 15) is 9.59 Å². The van der Waals surface area contributed by atoms with E-state index in [1.807, 2.05) is 45.9 Å². The van der Waals surface area contributed by atoms with Crippen molar-refractivity contribution in [3.63, 3.8) is 0 Å². The van der Waals surface area contributed by atoms with Gasteiger partial charge in [-0.3, -0.25) is 4.79 Å². The molecule has 134 valence electrons. The van der Waals surface area contributed by atoms with Gasteiger partial charge in [-0.15, -0.1) is 11.3 Å². The van der Waals surface area contributed by atoms with Gasteiger partial charge in [0.25, 0.3) is 5.91 Å². The molecule has 1 N–H and O–H groups in total. The minimum Gasteiger partial charge on any atom is -0.484 e. The third-order valence-corrected chi connectivity index (χ3v) is 5.09. The van der Waals surface area contributed by atoms with E-state index in [-0.39, 0.29) is 19.1 Å². The van der Waals surface area contributed by atoms with Crippen LogP contribution in [-0.2, 0) is 9.53 Å². The number of esters is 1. The second-order valence-electron chi connectivity index (χ2n) is 5.79. The number of aryl methyl sites for hydroxylation is 3. The maximum atomic E-state index is 12.2. The molecule has 25 heavy (non-hydrogen) atoms. The van der Waals surface area contributed by atoms with Crippen LogP contribution in [0.3, 0.4) is 0 Å². The van der Waals surface area contributed by atoms with Crippen molar-refractivity contribution in [1.82, 2.24) is 0 Å². The molecule has 0 unspecified atom stereocenters. The Kier molecular flexibility index (Phi) is 6.20. The van der Waals surface area contributed by atoms with Crippen molar-refractivity contribution >= 4 is 28.2 Å². The number of anilines is 1. The van der Waals surface area contributed by atoms with Crippen molar-refractivity contribution in [3.05, 3.63) is 45.3 Å². The van der Waals surface area contributed by atoms with E-state index >= 15 is 0 Å². The number of thiophene rings is 1. The van der Waals surface area contributed by atoms with Crippen molar-refractivity contribution < 1.29 is 19.1 Å². The summed E-state index contributed by atoms with van der Waals surface area (Å²) in [6.07, 6.45) is 0. The largest absolute Gasteiger partial charge is 0.484 e. The van der Waals surface area contributed by atoms with Gasteiger partial charge < -0.3 is 14.8 Å². The fourth-order valence-electron chi connectivity index (χ4n) is 2.28. The summed E-state index contributed by atoms with van der Waals surface area (Å²) in [6, 6.07) is 5.68. The lowest BCUT2D eigenvalue weighted by atomic mass is 10.1. The van der Waals surface area contributed by atoms with Crippen LogP contribution in [0.25, 0.3) is 0 Å². The molecular weight excluding hydrogens is 338 g/mol. The van der Waals surface area contributed by atoms with Crippen molar-refractivity contribution in [3.8, 4) is 5.75 Å². The van der Waals surface area contributed by atoms with E-state index in [4.69, 9.17) is 9.47 Å². The Labute approximate surface area is 152 Å². The highest BCUT2D eigenvalue weighted by Crippen LogP contribution is 2.33. The SMILES string of the molecule is CCOC(=O)c1c(NC(=O)COc2ccc(C)c(C)c2)sc(C)c1C. The Hall–Kier alpha value is -2.34. The highest BCUT2D eigenvalue weighted by molar-refractivity contribution is 7.16. The molecule has 0 spiro atoms. The van der Waals surface area contributed by atoms with Crippen molar-refractivity contribution in [2.24, 2.45) is 0 Å². The molecule has 0 saturated heterocycles. The summed E-state index contributed by atoms with van der Waals surface area (Å²) in [7, 11) is 0. The fourth-order valence-corrected chi connectivity index (χ4v) is 3.34. The van der Waals surface area contributed by atoms with Gasteiger partial charge in [-0.1, -0.05) is 6.07 Å². The molecule has 0 bridgehead atoms. The summed E-state index contributed by atoms with van der Waals surface area (Å²) in [5.74, 6) is -0.0952. The van der Waals surface area contributed by atoms with Crippen LogP contribution in [0.5, 0.6) is 5.75 Å². The number of amides is 1. The average molecular weight is 361 g/mol. The predicted octanol–water partition coefficient (Wildman–Crippen LogP) is 4.18. The molecule has 0 radical (unpaired) electrons. The Bertz CT molecular complexity index is 795. The smallest absolute Gasteiger partial charge is 0.341 e. The summed E-state index contributed by atoms with van der Waals surface area (Å²) in [6.45, 7) is 9.68. The average Bonchev–Trinajstić information content (AvgIpc) is 2.83. The predicted molar refractivity (Wildman–Crippen MR) is 99.8 cm³/mol. The number of ether oxygens (including phenoxy) is 2. The van der Waals surface area contributed by atoms with Gasteiger partial charge >= 0.3 is 5.97 Å². The Balaban J connectivity index is 2.06. The highest BCUT2D eigenvalue weighted by atomic mass is 32.1. The molecule has 0 aliphatic carbocycles. The van der Waals surface area contributed by atoms with Gasteiger partial charge in [0.15, 0.2) is 6.61 Å². The lowest BCUT2D eigenvalue weighted by molar-refractivity contribution is -0.118. The fraction of sp³-hybridized carbons (Fsp3) is 0.368. The topological polar surface area (TPSA) is 64.6 Å². The summed E-state index contributed by atoms with van der Waals surface area (Å²) < 4.78 is 10.6. The number of carbonyl (C=O) groups is 2. The van der Waals surface area contributed by atoms with E-state index in [1.54, 1.807) is 6.92 Å². The second-order valence-corrected chi connectivity index (χ2v) is 7.02. The molecule has 0 fully saturated rings. The van der Waals surface area contributed by atoms with Gasteiger partial charge in [0.2, 0.25) is 0 Å². The number of carbonyl (C=O) groups excluding carboxylic acids is 2. The number of benzene rings is 1. The number of rotatable bonds is 6. The summed E-state index contributed by atoms with van der Waals surface area (Å²) in [5.41, 5.74) is 3.52. The first kappa shape index (κ1) is 19.0. The van der Waals surface area contributed by atoms with E-state index in [1.165, 1.54) is 16.9 Å². The maximum Gasteiger partial charge on any atom is 0.341 e. The van der Waals surface area contributed by atoms with Crippen LogP contribution in [0.2, 0.25) is 0 Å². The summed E-state index contributed by atoms with van der Waals surface area (Å²) in [4.78, 5) is 25.3. The van der Waals surface area contributed by atoms with Crippen LogP contribution < -0.4 is 10.1 Å². The van der Waals surface area contributed by atoms with E-state index in [0.29, 0.717) is 16.3 Å². The Morgan fingerprint density at radius 1 is 1.12 bits per heavy atom. The second kappa shape index (κ2) is 8.16. The van der Waals surface area contributed by atoms with Gasteiger partial charge in [0, 0.05) is 4.88 Å². The van der Waals surface area contributed by atoms with Crippen LogP contribution in [-0.4, -0.2) is 25.1 Å². The molecule has 0 aliphatic rings. The quantitative estimate of drug-likeness (QED) is 0.784. The van der Waals surface area contributed by atoms with Crippen LogP contribution in [0.1, 0.15) is 38.8 Å². The van der Waals surface area contributed by atoms with E-state index < -0.39 is 5.97 Å². The molecule has 0 aliphatic heterocycles. The maximum absolute atomic E-state index is 12.2. The van der Waals surface area contributed by atoms with Crippen molar-refractivity contribution in [2.45, 2.75) is 34.6 Å². The van der Waals surface area contributed by atoms with Crippen LogP contribution in [0.15, 0.2) is 18.2 Å². The van der Waals surface area contributed by atoms with E-state index in [0.717, 1.165) is 16.0 Å². The third kappa shape index (κ3) is 4.60. The molecule has 0 saturated carbocycles. The third-order valence-electron chi connectivity index (χ3n) is 3.97. The first-order valence-corrected chi connectivity index (χ1v) is 8.92. The molecule has 2 rings (SSSR count). The van der Waals surface area contributed by atoms with Crippen molar-refractivity contribution in [2.75, 3.05) is 18.5 Å². The normalized spacial score (nSPS) is 10.4. The molecule has 2 aromatic rings. The number of hydrogen-bond donors (Lipinski definition) is 1. The molecule has 1 amide bonds. The Morgan fingerprint density at radius 3 is 2.48 bits per heavy atom. The molecule has 1 aromatic heterocycles. The molecule has 5 nitrogen and oxygen atoms in total. The molecule has 6 heteroatoms. The molecule has 1 heterocycles. The number of hydrogen-bond acceptors (Lipinski definition) is 5. The van der Waals surface area contributed by atoms with Crippen LogP contribution >= 0.6 is 11.3 Å². The minimum atomic E-state index is -0.422. The van der Waals surface area contributed by atoms with Crippen molar-refractivity contribution in [1.29, 1.82) is 0 Å². The highest BCUT2D eigenvalue weighted by Gasteiger charge is 2.22. The monoisotopic (exact) mass is 361 g/mol. The first-order chi connectivity index (χ1) is 11.8. The lowest BCUT2D eigenvalue weighted by Gasteiger charge is -2.09. The first-order valence-electron chi connectivity index (χ1n) is 8.10. The van der Waals surface area contributed by atoms with Crippen LogP contribution in [0.4, 0.5) is 5.00 Å². The molecule has 0 atom stereocenters. The zero-order chi connectivity index (χ0) is 18.6. The van der Waals surface area contributed by atoms with Gasteiger partial charge in [0.05, 0.1) is 12.2 Å². The molecular formula is C19H23NO4S. The van der Waals surface area contributed by atoms with Gasteiger partial charge in [0.1, 0.15) is 10.8 Å².